The highest BCUT2D eigenvalue weighted by atomic mass is 32.2. The lowest BCUT2D eigenvalue weighted by Gasteiger charge is -2.11. The van der Waals surface area contributed by atoms with Crippen LogP contribution in [0.3, 0.4) is 0 Å². The van der Waals surface area contributed by atoms with Gasteiger partial charge in [-0.15, -0.1) is 0 Å². The number of nitriles is 1. The van der Waals surface area contributed by atoms with Crippen molar-refractivity contribution in [2.75, 3.05) is 0 Å². The van der Waals surface area contributed by atoms with Crippen molar-refractivity contribution in [3.8, 4) is 6.07 Å². The van der Waals surface area contributed by atoms with Crippen LogP contribution in [0.1, 0.15) is 37.8 Å². The molecule has 0 aliphatic heterocycles. The molecule has 1 amide bonds. The highest BCUT2D eigenvalue weighted by Crippen LogP contribution is 2.17. The summed E-state index contributed by atoms with van der Waals surface area (Å²) in [5, 5.41) is 8.82. The van der Waals surface area contributed by atoms with Gasteiger partial charge in [-0.3, -0.25) is 4.79 Å². The minimum absolute atomic E-state index is 0.0333. The average Bonchev–Trinajstić information content (AvgIpc) is 2.38. The zero-order valence-corrected chi connectivity index (χ0v) is 12.6. The monoisotopic (exact) mass is 294 g/mol. The fourth-order valence-electron chi connectivity index (χ4n) is 1.67. The van der Waals surface area contributed by atoms with Crippen LogP contribution in [0, 0.1) is 24.2 Å². The molecule has 20 heavy (non-hydrogen) atoms. The summed E-state index contributed by atoms with van der Waals surface area (Å²) in [6, 6.07) is 6.24. The van der Waals surface area contributed by atoms with Crippen molar-refractivity contribution < 1.29 is 13.2 Å². The number of hydrogen-bond acceptors (Lipinski definition) is 4. The van der Waals surface area contributed by atoms with Gasteiger partial charge >= 0.3 is 0 Å². The number of rotatable bonds is 5. The molecule has 1 atom stereocenters. The SMILES string of the molecule is CC[C@H](C)CC(=O)NS(=O)(=O)c1cc(C#N)ccc1C. The van der Waals surface area contributed by atoms with E-state index in [1.165, 1.54) is 12.1 Å². The average molecular weight is 294 g/mol. The Morgan fingerprint density at radius 1 is 1.45 bits per heavy atom. The molecule has 0 aliphatic rings. The van der Waals surface area contributed by atoms with Crippen LogP contribution in [0.2, 0.25) is 0 Å². The first-order valence-electron chi connectivity index (χ1n) is 6.36. The quantitative estimate of drug-likeness (QED) is 0.901. The normalized spacial score (nSPS) is 12.5. The summed E-state index contributed by atoms with van der Waals surface area (Å²) in [6.07, 6.45) is 0.961. The molecule has 0 fully saturated rings. The molecule has 1 aromatic carbocycles. The molecule has 0 aliphatic carbocycles. The number of carbonyl (C=O) groups excluding carboxylic acids is 1. The van der Waals surface area contributed by atoms with Crippen molar-refractivity contribution in [2.24, 2.45) is 5.92 Å². The lowest BCUT2D eigenvalue weighted by molar-refractivity contribution is -0.120. The predicted octanol–water partition coefficient (Wildman–Crippen LogP) is 2.11. The molecule has 0 aromatic heterocycles. The van der Waals surface area contributed by atoms with Gasteiger partial charge in [0.2, 0.25) is 5.91 Å². The Kier molecular flexibility index (Phi) is 5.28. The number of aryl methyl sites for hydroxylation is 1. The highest BCUT2D eigenvalue weighted by molar-refractivity contribution is 7.90. The van der Waals surface area contributed by atoms with Crippen LogP contribution in [-0.4, -0.2) is 14.3 Å². The van der Waals surface area contributed by atoms with E-state index >= 15 is 0 Å². The van der Waals surface area contributed by atoms with Gasteiger partial charge in [-0.25, -0.2) is 13.1 Å². The zero-order valence-electron chi connectivity index (χ0n) is 11.8. The summed E-state index contributed by atoms with van der Waals surface area (Å²) in [4.78, 5) is 11.7. The van der Waals surface area contributed by atoms with Gasteiger partial charge in [0.15, 0.2) is 0 Å². The van der Waals surface area contributed by atoms with Crippen molar-refractivity contribution in [2.45, 2.75) is 38.5 Å². The lowest BCUT2D eigenvalue weighted by Crippen LogP contribution is -2.32. The van der Waals surface area contributed by atoms with Crippen molar-refractivity contribution in [1.82, 2.24) is 4.72 Å². The summed E-state index contributed by atoms with van der Waals surface area (Å²) < 4.78 is 26.4. The number of amides is 1. The van der Waals surface area contributed by atoms with Crippen LogP contribution >= 0.6 is 0 Å². The Morgan fingerprint density at radius 2 is 2.10 bits per heavy atom. The Morgan fingerprint density at radius 3 is 2.65 bits per heavy atom. The molecule has 5 nitrogen and oxygen atoms in total. The van der Waals surface area contributed by atoms with E-state index in [2.05, 4.69) is 4.72 Å². The van der Waals surface area contributed by atoms with Gasteiger partial charge in [0, 0.05) is 6.42 Å². The van der Waals surface area contributed by atoms with Crippen LogP contribution in [-0.2, 0) is 14.8 Å². The van der Waals surface area contributed by atoms with E-state index in [1.807, 2.05) is 19.9 Å². The van der Waals surface area contributed by atoms with Crippen LogP contribution in [0.25, 0.3) is 0 Å². The van der Waals surface area contributed by atoms with Crippen LogP contribution in [0.4, 0.5) is 0 Å². The molecule has 0 heterocycles. The topological polar surface area (TPSA) is 87.0 Å². The summed E-state index contributed by atoms with van der Waals surface area (Å²) in [7, 11) is -3.93. The second-order valence-electron chi connectivity index (χ2n) is 4.84. The van der Waals surface area contributed by atoms with Crippen molar-refractivity contribution in [3.63, 3.8) is 0 Å². The minimum Gasteiger partial charge on any atom is -0.274 e. The van der Waals surface area contributed by atoms with Gasteiger partial charge in [-0.1, -0.05) is 26.3 Å². The predicted molar refractivity (Wildman–Crippen MR) is 75.3 cm³/mol. The molecule has 0 unspecified atom stereocenters. The van der Waals surface area contributed by atoms with Crippen LogP contribution in [0.15, 0.2) is 23.1 Å². The Bertz CT molecular complexity index is 645. The molecule has 1 N–H and O–H groups in total. The molecule has 0 radical (unpaired) electrons. The molecule has 108 valence electrons. The number of benzene rings is 1. The second kappa shape index (κ2) is 6.53. The molecule has 0 saturated carbocycles. The van der Waals surface area contributed by atoms with Crippen LogP contribution < -0.4 is 4.72 Å². The van der Waals surface area contributed by atoms with E-state index in [4.69, 9.17) is 5.26 Å². The van der Waals surface area contributed by atoms with Crippen LogP contribution in [0.5, 0.6) is 0 Å². The molecule has 1 rings (SSSR count). The number of carbonyl (C=O) groups is 1. The summed E-state index contributed by atoms with van der Waals surface area (Å²) in [5.41, 5.74) is 0.734. The Hall–Kier alpha value is -1.87. The third kappa shape index (κ3) is 4.07. The van der Waals surface area contributed by atoms with Gasteiger partial charge in [-0.05, 0) is 30.5 Å². The summed E-state index contributed by atoms with van der Waals surface area (Å²) in [5.74, 6) is -0.405. The van der Waals surface area contributed by atoms with Crippen molar-refractivity contribution in [3.05, 3.63) is 29.3 Å². The van der Waals surface area contributed by atoms with E-state index < -0.39 is 15.9 Å². The number of nitrogens with one attached hydrogen (secondary N) is 1. The smallest absolute Gasteiger partial charge is 0.264 e. The fraction of sp³-hybridized carbons (Fsp3) is 0.429. The number of nitrogens with zero attached hydrogens (tertiary/aromatic N) is 1. The maximum atomic E-state index is 12.2. The number of sulfonamides is 1. The molecule has 0 saturated heterocycles. The third-order valence-electron chi connectivity index (χ3n) is 3.09. The molecule has 0 bridgehead atoms. The van der Waals surface area contributed by atoms with Gasteiger partial charge in [0.25, 0.3) is 10.0 Å². The highest BCUT2D eigenvalue weighted by Gasteiger charge is 2.21. The largest absolute Gasteiger partial charge is 0.274 e. The summed E-state index contributed by atoms with van der Waals surface area (Å²) >= 11 is 0. The van der Waals surface area contributed by atoms with Gasteiger partial charge in [0.05, 0.1) is 16.5 Å². The Balaban J connectivity index is 3.00. The first-order chi connectivity index (χ1) is 9.30. The molecule has 0 spiro atoms. The lowest BCUT2D eigenvalue weighted by atomic mass is 10.1. The van der Waals surface area contributed by atoms with Gasteiger partial charge < -0.3 is 0 Å². The maximum absolute atomic E-state index is 12.2. The molecular formula is C14H18N2O3S. The first kappa shape index (κ1) is 16.2. The molecular weight excluding hydrogens is 276 g/mol. The maximum Gasteiger partial charge on any atom is 0.264 e. The van der Waals surface area contributed by atoms with E-state index in [0.29, 0.717) is 5.56 Å². The second-order valence-corrected chi connectivity index (χ2v) is 6.49. The minimum atomic E-state index is -3.93. The van der Waals surface area contributed by atoms with Gasteiger partial charge in [-0.2, -0.15) is 5.26 Å². The van der Waals surface area contributed by atoms with E-state index in [1.54, 1.807) is 13.0 Å². The first-order valence-corrected chi connectivity index (χ1v) is 7.85. The third-order valence-corrected chi connectivity index (χ3v) is 4.60. The van der Waals surface area contributed by atoms with Crippen molar-refractivity contribution >= 4 is 15.9 Å². The zero-order chi connectivity index (χ0) is 15.3. The summed E-state index contributed by atoms with van der Waals surface area (Å²) in [6.45, 7) is 5.44. The molecule has 1 aromatic rings. The standard InChI is InChI=1S/C14H18N2O3S/c1-4-10(2)7-14(17)16-20(18,19)13-8-12(9-15)6-5-11(13)3/h5-6,8,10H,4,7H2,1-3H3,(H,16,17)/t10-/m0/s1. The van der Waals surface area contributed by atoms with E-state index in [0.717, 1.165) is 6.42 Å². The van der Waals surface area contributed by atoms with E-state index in [-0.39, 0.29) is 22.8 Å². The van der Waals surface area contributed by atoms with Crippen molar-refractivity contribution in [1.29, 1.82) is 5.26 Å². The van der Waals surface area contributed by atoms with Gasteiger partial charge in [0.1, 0.15) is 0 Å². The Labute approximate surface area is 119 Å². The number of hydrogen-bond donors (Lipinski definition) is 1. The van der Waals surface area contributed by atoms with E-state index in [9.17, 15) is 13.2 Å². The fourth-order valence-corrected chi connectivity index (χ4v) is 2.93. The molecule has 6 heteroatoms.